The third-order valence-electron chi connectivity index (χ3n) is 3.62. The smallest absolute Gasteiger partial charge is 0.261 e. The molecule has 1 atom stereocenters. The van der Waals surface area contributed by atoms with Gasteiger partial charge < -0.3 is 10.1 Å². The standard InChI is InChI=1S/C19H16Cl2N2O2S/c1-12(25-16-9-5-8-14(20)18(16)21)19(24)22-10-17-23-15(11-26-17)13-6-3-2-4-7-13/h2-9,11-12H,10H2,1H3,(H,22,24). The number of halogens is 2. The van der Waals surface area contributed by atoms with Crippen LogP contribution in [0.5, 0.6) is 5.75 Å². The second-order valence-electron chi connectivity index (χ2n) is 5.52. The molecule has 26 heavy (non-hydrogen) atoms. The number of carbonyl (C=O) groups excluding carboxylic acids is 1. The number of aromatic nitrogens is 1. The Balaban J connectivity index is 1.57. The van der Waals surface area contributed by atoms with E-state index < -0.39 is 6.10 Å². The summed E-state index contributed by atoms with van der Waals surface area (Å²) in [6.45, 7) is 2.00. The highest BCUT2D eigenvalue weighted by Gasteiger charge is 2.17. The van der Waals surface area contributed by atoms with E-state index >= 15 is 0 Å². The average molecular weight is 407 g/mol. The van der Waals surface area contributed by atoms with Gasteiger partial charge in [-0.25, -0.2) is 4.98 Å². The van der Waals surface area contributed by atoms with Crippen LogP contribution < -0.4 is 10.1 Å². The molecule has 0 spiro atoms. The van der Waals surface area contributed by atoms with E-state index in [-0.39, 0.29) is 5.91 Å². The fourth-order valence-electron chi connectivity index (χ4n) is 2.26. The maximum Gasteiger partial charge on any atom is 0.261 e. The van der Waals surface area contributed by atoms with Gasteiger partial charge in [0.25, 0.3) is 5.91 Å². The molecule has 0 aliphatic rings. The highest BCUT2D eigenvalue weighted by molar-refractivity contribution is 7.09. The van der Waals surface area contributed by atoms with Gasteiger partial charge in [0.15, 0.2) is 6.10 Å². The van der Waals surface area contributed by atoms with Crippen molar-refractivity contribution in [1.29, 1.82) is 0 Å². The molecule has 3 rings (SSSR count). The molecule has 0 aliphatic heterocycles. The number of nitrogens with one attached hydrogen (secondary N) is 1. The lowest BCUT2D eigenvalue weighted by Crippen LogP contribution is -2.35. The van der Waals surface area contributed by atoms with Crippen molar-refractivity contribution >= 4 is 40.4 Å². The van der Waals surface area contributed by atoms with Crippen LogP contribution in [0.25, 0.3) is 11.3 Å². The molecule has 4 nitrogen and oxygen atoms in total. The van der Waals surface area contributed by atoms with Gasteiger partial charge in [0.2, 0.25) is 0 Å². The number of benzene rings is 2. The molecule has 0 saturated carbocycles. The lowest BCUT2D eigenvalue weighted by molar-refractivity contribution is -0.127. The molecule has 0 radical (unpaired) electrons. The van der Waals surface area contributed by atoms with Crippen LogP contribution in [-0.4, -0.2) is 17.0 Å². The highest BCUT2D eigenvalue weighted by Crippen LogP contribution is 2.32. The van der Waals surface area contributed by atoms with Crippen LogP contribution in [0.4, 0.5) is 0 Å². The molecule has 1 amide bonds. The molecule has 3 aromatic rings. The molecular weight excluding hydrogens is 391 g/mol. The maximum atomic E-state index is 12.3. The van der Waals surface area contributed by atoms with Crippen molar-refractivity contribution in [2.24, 2.45) is 0 Å². The van der Waals surface area contributed by atoms with E-state index in [0.29, 0.717) is 22.3 Å². The van der Waals surface area contributed by atoms with Crippen molar-refractivity contribution in [2.75, 3.05) is 0 Å². The topological polar surface area (TPSA) is 51.2 Å². The summed E-state index contributed by atoms with van der Waals surface area (Å²) in [5, 5.41) is 6.30. The van der Waals surface area contributed by atoms with Gasteiger partial charge in [-0.15, -0.1) is 11.3 Å². The molecule has 134 valence electrons. The summed E-state index contributed by atoms with van der Waals surface area (Å²) in [4.78, 5) is 16.8. The second-order valence-corrected chi connectivity index (χ2v) is 7.25. The molecule has 7 heteroatoms. The van der Waals surface area contributed by atoms with Crippen molar-refractivity contribution in [1.82, 2.24) is 10.3 Å². The summed E-state index contributed by atoms with van der Waals surface area (Å²) in [5.74, 6) is 0.125. The zero-order valence-electron chi connectivity index (χ0n) is 13.9. The fraction of sp³-hybridized carbons (Fsp3) is 0.158. The summed E-state index contributed by atoms with van der Waals surface area (Å²) >= 11 is 13.5. The van der Waals surface area contributed by atoms with Crippen molar-refractivity contribution in [3.05, 3.63) is 69.0 Å². The first-order valence-corrected chi connectivity index (χ1v) is 9.56. The third-order valence-corrected chi connectivity index (χ3v) is 5.27. The quantitative estimate of drug-likeness (QED) is 0.611. The number of hydrogen-bond donors (Lipinski definition) is 1. The number of carbonyl (C=O) groups is 1. The maximum absolute atomic E-state index is 12.3. The molecule has 1 heterocycles. The van der Waals surface area contributed by atoms with Crippen LogP contribution in [0.2, 0.25) is 10.0 Å². The highest BCUT2D eigenvalue weighted by atomic mass is 35.5. The van der Waals surface area contributed by atoms with E-state index in [9.17, 15) is 4.79 Å². The van der Waals surface area contributed by atoms with Crippen LogP contribution in [0.1, 0.15) is 11.9 Å². The molecule has 1 unspecified atom stereocenters. The fourth-order valence-corrected chi connectivity index (χ4v) is 3.34. The van der Waals surface area contributed by atoms with Gasteiger partial charge in [-0.05, 0) is 19.1 Å². The van der Waals surface area contributed by atoms with Gasteiger partial charge in [0.05, 0.1) is 17.3 Å². The largest absolute Gasteiger partial charge is 0.479 e. The van der Waals surface area contributed by atoms with Crippen molar-refractivity contribution in [2.45, 2.75) is 19.6 Å². The lowest BCUT2D eigenvalue weighted by Gasteiger charge is -2.15. The number of ether oxygens (including phenoxy) is 1. The zero-order valence-corrected chi connectivity index (χ0v) is 16.2. The van der Waals surface area contributed by atoms with E-state index in [1.807, 2.05) is 35.7 Å². The second kappa shape index (κ2) is 8.54. The SMILES string of the molecule is CC(Oc1cccc(Cl)c1Cl)C(=O)NCc1nc(-c2ccccc2)cs1. The molecule has 1 N–H and O–H groups in total. The predicted molar refractivity (Wildman–Crippen MR) is 106 cm³/mol. The zero-order chi connectivity index (χ0) is 18.5. The molecule has 1 aromatic heterocycles. The first kappa shape index (κ1) is 18.7. The number of hydrogen-bond acceptors (Lipinski definition) is 4. The Hall–Kier alpha value is -2.08. The van der Waals surface area contributed by atoms with Crippen LogP contribution in [0.3, 0.4) is 0 Å². The molecule has 0 saturated heterocycles. The Bertz CT molecular complexity index is 900. The van der Waals surface area contributed by atoms with Gasteiger partial charge in [-0.3, -0.25) is 4.79 Å². The number of thiazole rings is 1. The van der Waals surface area contributed by atoms with Crippen LogP contribution in [0, 0.1) is 0 Å². The third kappa shape index (κ3) is 4.55. The molecule has 0 bridgehead atoms. The first-order chi connectivity index (χ1) is 12.5. The Labute approximate surface area is 165 Å². The lowest BCUT2D eigenvalue weighted by atomic mass is 10.2. The molecule has 2 aromatic carbocycles. The number of nitrogens with zero attached hydrogens (tertiary/aromatic N) is 1. The minimum Gasteiger partial charge on any atom is -0.479 e. The van der Waals surface area contributed by atoms with Gasteiger partial charge in [-0.1, -0.05) is 59.6 Å². The Morgan fingerprint density at radius 2 is 1.96 bits per heavy atom. The Kier molecular flexibility index (Phi) is 6.14. The van der Waals surface area contributed by atoms with E-state index in [1.54, 1.807) is 25.1 Å². The predicted octanol–water partition coefficient (Wildman–Crippen LogP) is 5.20. The molecule has 0 fully saturated rings. The van der Waals surface area contributed by atoms with Crippen molar-refractivity contribution in [3.63, 3.8) is 0 Å². The van der Waals surface area contributed by atoms with E-state index in [2.05, 4.69) is 10.3 Å². The minimum absolute atomic E-state index is 0.252. The molecule has 0 aliphatic carbocycles. The monoisotopic (exact) mass is 406 g/mol. The van der Waals surface area contributed by atoms with Crippen LogP contribution in [0.15, 0.2) is 53.9 Å². The summed E-state index contributed by atoms with van der Waals surface area (Å²) in [5.41, 5.74) is 1.95. The van der Waals surface area contributed by atoms with Gasteiger partial charge >= 0.3 is 0 Å². The van der Waals surface area contributed by atoms with Crippen LogP contribution >= 0.6 is 34.5 Å². The minimum atomic E-state index is -0.709. The number of amides is 1. The average Bonchev–Trinajstić information content (AvgIpc) is 3.13. The van der Waals surface area contributed by atoms with E-state index in [1.165, 1.54) is 11.3 Å². The Morgan fingerprint density at radius 3 is 2.73 bits per heavy atom. The van der Waals surface area contributed by atoms with Gasteiger partial charge in [0, 0.05) is 10.9 Å². The van der Waals surface area contributed by atoms with Crippen LogP contribution in [-0.2, 0) is 11.3 Å². The van der Waals surface area contributed by atoms with E-state index in [0.717, 1.165) is 16.3 Å². The Morgan fingerprint density at radius 1 is 1.19 bits per heavy atom. The van der Waals surface area contributed by atoms with Crippen molar-refractivity contribution in [3.8, 4) is 17.0 Å². The van der Waals surface area contributed by atoms with Crippen molar-refractivity contribution < 1.29 is 9.53 Å². The van der Waals surface area contributed by atoms with E-state index in [4.69, 9.17) is 27.9 Å². The number of rotatable bonds is 6. The normalized spacial score (nSPS) is 11.8. The molecular formula is C19H16Cl2N2O2S. The van der Waals surface area contributed by atoms with Gasteiger partial charge in [0.1, 0.15) is 15.8 Å². The summed E-state index contributed by atoms with van der Waals surface area (Å²) in [6, 6.07) is 15.0. The summed E-state index contributed by atoms with van der Waals surface area (Å²) in [6.07, 6.45) is -0.709. The summed E-state index contributed by atoms with van der Waals surface area (Å²) in [7, 11) is 0. The van der Waals surface area contributed by atoms with Gasteiger partial charge in [-0.2, -0.15) is 0 Å². The first-order valence-electron chi connectivity index (χ1n) is 7.93. The summed E-state index contributed by atoms with van der Waals surface area (Å²) < 4.78 is 5.61.